The van der Waals surface area contributed by atoms with Crippen molar-refractivity contribution in [1.82, 2.24) is 9.88 Å². The van der Waals surface area contributed by atoms with Gasteiger partial charge in [0.05, 0.1) is 11.1 Å². The zero-order valence-electron chi connectivity index (χ0n) is 13.8. The van der Waals surface area contributed by atoms with Crippen molar-refractivity contribution in [2.45, 2.75) is 25.4 Å². The molecule has 1 fully saturated rings. The van der Waals surface area contributed by atoms with Crippen LogP contribution in [0.2, 0.25) is 0 Å². The van der Waals surface area contributed by atoms with E-state index < -0.39 is 11.6 Å². The maximum absolute atomic E-state index is 13.7. The summed E-state index contributed by atoms with van der Waals surface area (Å²) in [6.07, 6.45) is 1.76. The topological polar surface area (TPSA) is 42.4 Å². The Hall–Kier alpha value is -2.06. The molecule has 4 nitrogen and oxygen atoms in total. The third-order valence-corrected chi connectivity index (χ3v) is 6.13. The van der Waals surface area contributed by atoms with E-state index >= 15 is 0 Å². The number of fused-ring (bicyclic) bond motifs is 1. The smallest absolute Gasteiger partial charge is 0.274 e. The molecule has 0 spiro atoms. The van der Waals surface area contributed by atoms with Crippen LogP contribution in [0.3, 0.4) is 0 Å². The highest BCUT2D eigenvalue weighted by Crippen LogP contribution is 2.32. The molecule has 8 heteroatoms. The summed E-state index contributed by atoms with van der Waals surface area (Å²) >= 11 is 2.72. The predicted molar refractivity (Wildman–Crippen MR) is 97.8 cm³/mol. The fourth-order valence-corrected chi connectivity index (χ4v) is 4.64. The number of ether oxygens (including phenoxy) is 1. The number of nitrogens with zero attached hydrogens (tertiary/aromatic N) is 2. The van der Waals surface area contributed by atoms with Crippen molar-refractivity contribution in [2.75, 3.05) is 13.1 Å². The monoisotopic (exact) mass is 394 g/mol. The molecule has 136 valence electrons. The minimum absolute atomic E-state index is 0.0748. The van der Waals surface area contributed by atoms with Gasteiger partial charge in [0.25, 0.3) is 5.19 Å². The van der Waals surface area contributed by atoms with Crippen LogP contribution in [0, 0.1) is 11.6 Å². The van der Waals surface area contributed by atoms with Crippen molar-refractivity contribution in [3.05, 3.63) is 46.2 Å². The van der Waals surface area contributed by atoms with Gasteiger partial charge < -0.3 is 9.64 Å². The third-order valence-electron chi connectivity index (χ3n) is 4.36. The third kappa shape index (κ3) is 3.71. The summed E-state index contributed by atoms with van der Waals surface area (Å²) in [5.74, 6) is -1.17. The van der Waals surface area contributed by atoms with Gasteiger partial charge in [-0.1, -0.05) is 17.4 Å². The van der Waals surface area contributed by atoms with Crippen LogP contribution in [0.25, 0.3) is 10.2 Å². The molecule has 1 aliphatic rings. The van der Waals surface area contributed by atoms with Crippen molar-refractivity contribution in [3.63, 3.8) is 0 Å². The number of likely N-dealkylation sites (tertiary alicyclic amines) is 1. The first-order chi connectivity index (χ1) is 12.6. The van der Waals surface area contributed by atoms with Gasteiger partial charge in [-0.3, -0.25) is 4.79 Å². The van der Waals surface area contributed by atoms with Crippen LogP contribution in [0.1, 0.15) is 17.7 Å². The van der Waals surface area contributed by atoms with Crippen molar-refractivity contribution in [3.8, 4) is 5.19 Å². The lowest BCUT2D eigenvalue weighted by molar-refractivity contribution is -0.132. The summed E-state index contributed by atoms with van der Waals surface area (Å²) in [6.45, 7) is 1.26. The number of halogens is 2. The molecule has 0 saturated carbocycles. The number of hydrogen-bond acceptors (Lipinski definition) is 5. The molecule has 0 unspecified atom stereocenters. The van der Waals surface area contributed by atoms with E-state index in [2.05, 4.69) is 4.98 Å². The van der Waals surface area contributed by atoms with E-state index in [1.54, 1.807) is 11.3 Å². The number of thiophene rings is 1. The second-order valence-electron chi connectivity index (χ2n) is 6.17. The molecule has 1 saturated heterocycles. The number of thiazole rings is 1. The average Bonchev–Trinajstić information content (AvgIpc) is 3.25. The Bertz CT molecular complexity index is 919. The highest BCUT2D eigenvalue weighted by molar-refractivity contribution is 7.20. The van der Waals surface area contributed by atoms with E-state index in [0.29, 0.717) is 42.2 Å². The Labute approximate surface area is 157 Å². The van der Waals surface area contributed by atoms with Gasteiger partial charge in [-0.2, -0.15) is 4.98 Å². The molecule has 0 radical (unpaired) electrons. The first kappa shape index (κ1) is 17.4. The highest BCUT2D eigenvalue weighted by Gasteiger charge is 2.25. The number of rotatable bonds is 4. The summed E-state index contributed by atoms with van der Waals surface area (Å²) in [4.78, 5) is 19.4. The number of hydrogen-bond donors (Lipinski definition) is 0. The number of benzene rings is 1. The number of carbonyl (C=O) groups excluding carboxylic acids is 1. The normalized spacial score (nSPS) is 15.5. The Balaban J connectivity index is 1.35. The lowest BCUT2D eigenvalue weighted by Crippen LogP contribution is -2.42. The van der Waals surface area contributed by atoms with E-state index in [1.807, 2.05) is 22.4 Å². The summed E-state index contributed by atoms with van der Waals surface area (Å²) in [5.41, 5.74) is 0.134. The van der Waals surface area contributed by atoms with Gasteiger partial charge in [0.15, 0.2) is 5.82 Å². The summed E-state index contributed by atoms with van der Waals surface area (Å²) < 4.78 is 33.3. The average molecular weight is 394 g/mol. The van der Waals surface area contributed by atoms with Crippen LogP contribution in [0.5, 0.6) is 5.19 Å². The second-order valence-corrected chi connectivity index (χ2v) is 8.19. The Morgan fingerprint density at radius 2 is 2.12 bits per heavy atom. The summed E-state index contributed by atoms with van der Waals surface area (Å²) in [5, 5.41) is 2.31. The Morgan fingerprint density at radius 3 is 2.85 bits per heavy atom. The number of carbonyl (C=O) groups is 1. The van der Waals surface area contributed by atoms with Crippen LogP contribution in [-0.2, 0) is 11.2 Å². The van der Waals surface area contributed by atoms with Crippen LogP contribution >= 0.6 is 22.7 Å². The van der Waals surface area contributed by atoms with Crippen molar-refractivity contribution in [1.29, 1.82) is 0 Å². The predicted octanol–water partition coefficient (Wildman–Crippen LogP) is 4.25. The first-order valence-electron chi connectivity index (χ1n) is 8.31. The lowest BCUT2D eigenvalue weighted by Gasteiger charge is -2.31. The van der Waals surface area contributed by atoms with Gasteiger partial charge in [-0.15, -0.1) is 11.3 Å². The van der Waals surface area contributed by atoms with E-state index in [4.69, 9.17) is 4.74 Å². The number of piperidine rings is 1. The van der Waals surface area contributed by atoms with Crippen LogP contribution in [0.15, 0.2) is 29.6 Å². The quantitative estimate of drug-likeness (QED) is 0.664. The van der Waals surface area contributed by atoms with E-state index in [9.17, 15) is 13.6 Å². The van der Waals surface area contributed by atoms with E-state index in [-0.39, 0.29) is 17.5 Å². The van der Waals surface area contributed by atoms with Crippen molar-refractivity contribution >= 4 is 38.8 Å². The molecule has 0 aliphatic carbocycles. The second kappa shape index (κ2) is 7.28. The largest absolute Gasteiger partial charge is 0.467 e. The molecule has 4 rings (SSSR count). The van der Waals surface area contributed by atoms with Gasteiger partial charge in [-0.05, 0) is 17.5 Å². The minimum atomic E-state index is -0.680. The van der Waals surface area contributed by atoms with Gasteiger partial charge in [0, 0.05) is 36.9 Å². The van der Waals surface area contributed by atoms with E-state index in [1.165, 1.54) is 6.07 Å². The maximum atomic E-state index is 13.7. The molecular weight excluding hydrogens is 378 g/mol. The van der Waals surface area contributed by atoms with Crippen LogP contribution in [0.4, 0.5) is 8.78 Å². The first-order valence-corrected chi connectivity index (χ1v) is 10.0. The molecule has 1 amide bonds. The number of aromatic nitrogens is 1. The number of amides is 1. The molecule has 2 aromatic heterocycles. The maximum Gasteiger partial charge on any atom is 0.274 e. The molecule has 1 aliphatic heterocycles. The van der Waals surface area contributed by atoms with E-state index in [0.717, 1.165) is 22.3 Å². The standard InChI is InChI=1S/C18H16F2N2O2S2/c19-11-8-14(20)17-15(9-11)26-18(21-17)24-12-3-5-22(6-4-12)16(23)10-13-2-1-7-25-13/h1-2,7-9,12H,3-6,10H2. The molecule has 3 heterocycles. The minimum Gasteiger partial charge on any atom is -0.467 e. The Morgan fingerprint density at radius 1 is 1.31 bits per heavy atom. The summed E-state index contributed by atoms with van der Waals surface area (Å²) in [6, 6.07) is 5.99. The SMILES string of the molecule is O=C(Cc1cccs1)N1CCC(Oc2nc3c(F)cc(F)cc3s2)CC1. The summed E-state index contributed by atoms with van der Waals surface area (Å²) in [7, 11) is 0. The molecule has 3 aromatic rings. The van der Waals surface area contributed by atoms with Gasteiger partial charge >= 0.3 is 0 Å². The molecular formula is C18H16F2N2O2S2. The fraction of sp³-hybridized carbons (Fsp3) is 0.333. The zero-order chi connectivity index (χ0) is 18.1. The molecule has 0 atom stereocenters. The Kier molecular flexibility index (Phi) is 4.86. The fourth-order valence-electron chi connectivity index (χ4n) is 3.03. The highest BCUT2D eigenvalue weighted by atomic mass is 32.1. The van der Waals surface area contributed by atoms with Crippen molar-refractivity contribution in [2.24, 2.45) is 0 Å². The van der Waals surface area contributed by atoms with Gasteiger partial charge in [0.2, 0.25) is 5.91 Å². The lowest BCUT2D eigenvalue weighted by atomic mass is 10.1. The van der Waals surface area contributed by atoms with Crippen molar-refractivity contribution < 1.29 is 18.3 Å². The van der Waals surface area contributed by atoms with Gasteiger partial charge in [0.1, 0.15) is 17.4 Å². The molecule has 26 heavy (non-hydrogen) atoms. The van der Waals surface area contributed by atoms with Gasteiger partial charge in [-0.25, -0.2) is 8.78 Å². The molecule has 0 N–H and O–H groups in total. The zero-order valence-corrected chi connectivity index (χ0v) is 15.4. The molecule has 1 aromatic carbocycles. The van der Waals surface area contributed by atoms with Crippen LogP contribution < -0.4 is 4.74 Å². The van der Waals surface area contributed by atoms with Crippen LogP contribution in [-0.4, -0.2) is 35.0 Å². The molecule has 0 bridgehead atoms.